The van der Waals surface area contributed by atoms with Crippen LogP contribution in [0.2, 0.25) is 0 Å². The largest absolute Gasteiger partial charge is 0.480 e. The summed E-state index contributed by atoms with van der Waals surface area (Å²) in [5, 5.41) is 61.7. The summed E-state index contributed by atoms with van der Waals surface area (Å²) in [4.78, 5) is 65.5. The summed E-state index contributed by atoms with van der Waals surface area (Å²) >= 11 is 0. The molecule has 27 nitrogen and oxygen atoms in total. The molecule has 3 saturated carbocycles. The van der Waals surface area contributed by atoms with E-state index in [-0.39, 0.29) is 53.4 Å². The number of hydrogen-bond donors (Lipinski definition) is 9. The zero-order chi connectivity index (χ0) is 63.3. The van der Waals surface area contributed by atoms with Crippen molar-refractivity contribution in [3.63, 3.8) is 0 Å². The van der Waals surface area contributed by atoms with Crippen molar-refractivity contribution >= 4 is 86.3 Å². The van der Waals surface area contributed by atoms with Crippen molar-refractivity contribution in [1.82, 2.24) is 58.7 Å². The van der Waals surface area contributed by atoms with Gasteiger partial charge in [0, 0.05) is 77.2 Å². The number of Topliss-reactive ketones (excluding diaryl/α,β-unsaturated/α-hetero) is 3. The van der Waals surface area contributed by atoms with E-state index >= 15 is 0 Å². The van der Waals surface area contributed by atoms with E-state index in [2.05, 4.69) is 77.1 Å². The second-order valence-corrected chi connectivity index (χ2v) is 22.7. The molecule has 90 heavy (non-hydrogen) atoms. The molecule has 27 heteroatoms. The normalized spacial score (nSPS) is 18.9. The predicted octanol–water partition coefficient (Wildman–Crippen LogP) is 9.13. The number of carbonyl (C=O) groups is 3. The van der Waals surface area contributed by atoms with Crippen molar-refractivity contribution in [2.45, 2.75) is 115 Å². The van der Waals surface area contributed by atoms with E-state index in [0.29, 0.717) is 142 Å². The average molecular weight is 1230 g/mol. The van der Waals surface area contributed by atoms with Crippen LogP contribution in [0.15, 0.2) is 91.8 Å². The van der Waals surface area contributed by atoms with E-state index in [1.807, 2.05) is 18.2 Å². The number of anilines is 9. The summed E-state index contributed by atoms with van der Waals surface area (Å²) < 4.78 is 20.7. The highest BCUT2D eigenvalue weighted by atomic mass is 16.5. The number of carbonyl (C=O) groups excluding carboxylic acids is 3. The Hall–Kier alpha value is -9.60. The first-order valence-electron chi connectivity index (χ1n) is 30.4. The SMILES string of the molecule is CNc1cc(Nc2cccnc2OC)nc2c(C(=O)CC3CCC[C@H](O)C3)cnn12.CNc1cc(Nc2cccnc2OC)nc2c(C(=O)C[C@@H]3CCC[C@@H](O)C3)cnn12.CNc1cc(Nc2cccnc2OC)nc2c(C(=O)C[C@H]3CCC[C@H](O)C3)cnn12. The molecular weight excluding hydrogens is 1150 g/mol. The number of ketones is 3. The summed E-state index contributed by atoms with van der Waals surface area (Å²) in [7, 11) is 10.0. The van der Waals surface area contributed by atoms with Gasteiger partial charge in [-0.1, -0.05) is 19.3 Å². The summed E-state index contributed by atoms with van der Waals surface area (Å²) in [5.74, 6) is 5.62. The molecule has 1 unspecified atom stereocenters. The molecule has 12 rings (SSSR count). The van der Waals surface area contributed by atoms with Gasteiger partial charge in [-0.3, -0.25) is 14.4 Å². The topological polar surface area (TPSA) is 341 Å². The van der Waals surface area contributed by atoms with Gasteiger partial charge in [-0.25, -0.2) is 29.9 Å². The fraction of sp³-hybridized carbons (Fsp3) is 0.429. The highest BCUT2D eigenvalue weighted by Gasteiger charge is 2.29. The van der Waals surface area contributed by atoms with Crippen LogP contribution < -0.4 is 46.1 Å². The number of fused-ring (bicyclic) bond motifs is 3. The highest BCUT2D eigenvalue weighted by Crippen LogP contribution is 2.35. The number of hydrogen-bond acceptors (Lipinski definition) is 24. The Bertz CT molecular complexity index is 3550. The Morgan fingerprint density at radius 3 is 1.01 bits per heavy atom. The van der Waals surface area contributed by atoms with Gasteiger partial charge < -0.3 is 61.4 Å². The molecule has 3 fully saturated rings. The van der Waals surface area contributed by atoms with E-state index in [0.717, 1.165) is 57.8 Å². The monoisotopic (exact) mass is 1230 g/mol. The fourth-order valence-electron chi connectivity index (χ4n) is 12.0. The third-order valence-electron chi connectivity index (χ3n) is 16.5. The first kappa shape index (κ1) is 63.4. The lowest BCUT2D eigenvalue weighted by atomic mass is 9.83. The van der Waals surface area contributed by atoms with E-state index in [9.17, 15) is 29.7 Å². The van der Waals surface area contributed by atoms with Gasteiger partial charge in [0.1, 0.15) is 52.0 Å². The summed E-state index contributed by atoms with van der Waals surface area (Å²) in [6.07, 6.45) is 20.2. The molecular formula is C63H78N18O9. The third-order valence-corrected chi connectivity index (χ3v) is 16.5. The van der Waals surface area contributed by atoms with Crippen LogP contribution in [0.25, 0.3) is 16.9 Å². The maximum Gasteiger partial charge on any atom is 0.237 e. The van der Waals surface area contributed by atoms with Gasteiger partial charge >= 0.3 is 0 Å². The van der Waals surface area contributed by atoms with Gasteiger partial charge in [0.05, 0.1) is 74.9 Å². The number of ether oxygens (including phenoxy) is 3. The highest BCUT2D eigenvalue weighted by molar-refractivity contribution is 6.03. The summed E-state index contributed by atoms with van der Waals surface area (Å²) in [6.45, 7) is 0. The molecule has 0 bridgehead atoms. The zero-order valence-corrected chi connectivity index (χ0v) is 51.4. The van der Waals surface area contributed by atoms with Crippen LogP contribution >= 0.6 is 0 Å². The van der Waals surface area contributed by atoms with Crippen molar-refractivity contribution in [2.75, 3.05) is 74.4 Å². The second-order valence-electron chi connectivity index (χ2n) is 22.7. The Morgan fingerprint density at radius 2 is 0.756 bits per heavy atom. The fourth-order valence-corrected chi connectivity index (χ4v) is 12.0. The molecule has 0 aromatic carbocycles. The maximum atomic E-state index is 13.0. The Labute approximate surface area is 519 Å². The van der Waals surface area contributed by atoms with Crippen LogP contribution in [0.1, 0.15) is 127 Å². The predicted molar refractivity (Wildman–Crippen MR) is 341 cm³/mol. The molecule has 0 radical (unpaired) electrons. The summed E-state index contributed by atoms with van der Waals surface area (Å²) in [6, 6.07) is 16.3. The van der Waals surface area contributed by atoms with Crippen molar-refractivity contribution < 1.29 is 43.9 Å². The lowest BCUT2D eigenvalue weighted by Gasteiger charge is -2.25. The van der Waals surface area contributed by atoms with Gasteiger partial charge in [0.2, 0.25) is 17.6 Å². The minimum Gasteiger partial charge on any atom is -0.480 e. The Balaban J connectivity index is 0.000000148. The number of nitrogens with zero attached hydrogens (tertiary/aromatic N) is 12. The lowest BCUT2D eigenvalue weighted by Crippen LogP contribution is -2.21. The van der Waals surface area contributed by atoms with Crippen LogP contribution in [0.4, 0.5) is 52.0 Å². The number of aliphatic hydroxyl groups is 3. The lowest BCUT2D eigenvalue weighted by molar-refractivity contribution is 0.0813. The zero-order valence-electron chi connectivity index (χ0n) is 51.4. The van der Waals surface area contributed by atoms with Crippen LogP contribution in [-0.4, -0.2) is 152 Å². The van der Waals surface area contributed by atoms with Gasteiger partial charge in [-0.05, 0) is 112 Å². The minimum atomic E-state index is -0.306. The molecule has 6 atom stereocenters. The van der Waals surface area contributed by atoms with Gasteiger partial charge in [0.25, 0.3) is 0 Å². The number of pyridine rings is 3. The molecule has 3 aliphatic rings. The number of aromatic nitrogens is 12. The van der Waals surface area contributed by atoms with Crippen molar-refractivity contribution in [3.05, 3.63) is 108 Å². The number of rotatable bonds is 21. The number of methoxy groups -OCH3 is 3. The van der Waals surface area contributed by atoms with E-state index in [4.69, 9.17) is 14.2 Å². The molecule has 9 N–H and O–H groups in total. The molecule has 0 spiro atoms. The smallest absolute Gasteiger partial charge is 0.237 e. The first-order valence-corrected chi connectivity index (χ1v) is 30.4. The van der Waals surface area contributed by atoms with Gasteiger partial charge in [-0.15, -0.1) is 0 Å². The van der Waals surface area contributed by atoms with Crippen LogP contribution in [-0.2, 0) is 0 Å². The van der Waals surface area contributed by atoms with Crippen LogP contribution in [0, 0.1) is 17.8 Å². The van der Waals surface area contributed by atoms with Crippen LogP contribution in [0.5, 0.6) is 17.6 Å². The molecule has 3 aliphatic carbocycles. The molecule has 9 aromatic heterocycles. The maximum absolute atomic E-state index is 13.0. The Morgan fingerprint density at radius 1 is 0.467 bits per heavy atom. The van der Waals surface area contributed by atoms with Crippen molar-refractivity contribution in [1.29, 1.82) is 0 Å². The average Bonchev–Trinajstić information content (AvgIpc) is 1.79. The van der Waals surface area contributed by atoms with Crippen LogP contribution in [0.3, 0.4) is 0 Å². The van der Waals surface area contributed by atoms with E-state index in [1.165, 1.54) is 0 Å². The molecule has 0 saturated heterocycles. The number of nitrogens with one attached hydrogen (secondary N) is 6. The Kier molecular flexibility index (Phi) is 20.9. The quantitative estimate of drug-likeness (QED) is 0.0303. The van der Waals surface area contributed by atoms with Gasteiger partial charge in [-0.2, -0.15) is 28.8 Å². The van der Waals surface area contributed by atoms with E-state index in [1.54, 1.807) is 130 Å². The third kappa shape index (κ3) is 15.1. The minimum absolute atomic E-state index is 0.00485. The molecule has 9 aromatic rings. The van der Waals surface area contributed by atoms with Gasteiger partial charge in [0.15, 0.2) is 34.3 Å². The molecule has 0 aliphatic heterocycles. The molecule has 9 heterocycles. The second kappa shape index (κ2) is 29.6. The molecule has 474 valence electrons. The summed E-state index contributed by atoms with van der Waals surface area (Å²) in [5.41, 5.74) is 4.89. The first-order chi connectivity index (χ1) is 43.8. The number of aliphatic hydroxyl groups excluding tert-OH is 3. The van der Waals surface area contributed by atoms with Crippen molar-refractivity contribution in [2.24, 2.45) is 17.8 Å². The molecule has 0 amide bonds. The standard InChI is InChI=1S/3C21H26N6O3/c3*1-22-19-11-18(25-16-7-4-8-23-21(16)30-2)26-20-15(12-24-27(19)20)17(29)10-13-5-3-6-14(28)9-13/h3*4,7-8,11-14,22,28H,3,5-6,9-10H2,1-2H3,(H,25,26)/t13?,14-;2*13-,14-/m010/s1. The van der Waals surface area contributed by atoms with Crippen molar-refractivity contribution in [3.8, 4) is 17.6 Å². The van der Waals surface area contributed by atoms with E-state index < -0.39 is 0 Å².